The number of nitrogens with zero attached hydrogens (tertiary/aromatic N) is 2. The minimum absolute atomic E-state index is 0.0638. The summed E-state index contributed by atoms with van der Waals surface area (Å²) in [6.45, 7) is 3.53. The first-order chi connectivity index (χ1) is 9.30. The van der Waals surface area contributed by atoms with Crippen molar-refractivity contribution in [1.82, 2.24) is 9.80 Å². The van der Waals surface area contributed by atoms with E-state index in [9.17, 15) is 13.2 Å². The van der Waals surface area contributed by atoms with Crippen LogP contribution in [0.4, 0.5) is 5.00 Å². The average Bonchev–Trinajstić information content (AvgIpc) is 2.89. The molecule has 9 heteroatoms. The van der Waals surface area contributed by atoms with Crippen molar-refractivity contribution >= 4 is 38.0 Å². The third-order valence-corrected chi connectivity index (χ3v) is 5.72. The van der Waals surface area contributed by atoms with Crippen molar-refractivity contribution in [3.05, 3.63) is 11.3 Å². The molecule has 3 N–H and O–H groups in total. The van der Waals surface area contributed by atoms with Crippen molar-refractivity contribution in [2.45, 2.75) is 20.3 Å². The van der Waals surface area contributed by atoms with Crippen molar-refractivity contribution in [2.24, 2.45) is 11.0 Å². The van der Waals surface area contributed by atoms with Gasteiger partial charge >= 0.3 is 0 Å². The number of aromatic nitrogens is 1. The van der Waals surface area contributed by atoms with Crippen LogP contribution in [0, 0.1) is 12.8 Å². The standard InChI is InChI=1S/C11H16N4O3S2/c1-6(9-7(2)15-19-10(9)12)13-14-11(16)8-3-4-20(17,18)5-8/h8H,3-5,12H2,1-2H3,(H,14,16)/b13-6-/t8-/m1/s1. The molecule has 0 bridgehead atoms. The monoisotopic (exact) mass is 316 g/mol. The molecule has 7 nitrogen and oxygen atoms in total. The molecule has 0 radical (unpaired) electrons. The quantitative estimate of drug-likeness (QED) is 0.615. The van der Waals surface area contributed by atoms with E-state index in [0.29, 0.717) is 22.7 Å². The zero-order valence-electron chi connectivity index (χ0n) is 11.2. The zero-order valence-corrected chi connectivity index (χ0v) is 12.8. The van der Waals surface area contributed by atoms with Gasteiger partial charge in [-0.2, -0.15) is 9.47 Å². The fourth-order valence-corrected chi connectivity index (χ4v) is 4.57. The van der Waals surface area contributed by atoms with Crippen molar-refractivity contribution in [2.75, 3.05) is 17.2 Å². The van der Waals surface area contributed by atoms with E-state index in [2.05, 4.69) is 14.9 Å². The van der Waals surface area contributed by atoms with E-state index in [1.54, 1.807) is 6.92 Å². The minimum atomic E-state index is -3.07. The number of sulfone groups is 1. The number of anilines is 1. The number of carbonyl (C=O) groups excluding carboxylic acids is 1. The second kappa shape index (κ2) is 5.49. The molecule has 1 atom stereocenters. The van der Waals surface area contributed by atoms with Crippen LogP contribution in [-0.4, -0.2) is 35.9 Å². The van der Waals surface area contributed by atoms with Gasteiger partial charge in [0.05, 0.1) is 34.4 Å². The van der Waals surface area contributed by atoms with Crippen LogP contribution in [0.25, 0.3) is 0 Å². The summed E-state index contributed by atoms with van der Waals surface area (Å²) in [6, 6.07) is 0. The number of aryl methyl sites for hydroxylation is 1. The molecular weight excluding hydrogens is 300 g/mol. The van der Waals surface area contributed by atoms with Crippen LogP contribution < -0.4 is 11.2 Å². The van der Waals surface area contributed by atoms with Gasteiger partial charge in [0.15, 0.2) is 9.84 Å². The van der Waals surface area contributed by atoms with Crippen LogP contribution in [0.2, 0.25) is 0 Å². The lowest BCUT2D eigenvalue weighted by Crippen LogP contribution is -2.28. The van der Waals surface area contributed by atoms with Gasteiger partial charge in [-0.05, 0) is 31.8 Å². The van der Waals surface area contributed by atoms with E-state index >= 15 is 0 Å². The Labute approximate surface area is 121 Å². The molecule has 0 spiro atoms. The lowest BCUT2D eigenvalue weighted by Gasteiger charge is -2.06. The molecule has 1 aromatic heterocycles. The number of hydrazone groups is 1. The number of nitrogens with two attached hydrogens (primary N) is 1. The van der Waals surface area contributed by atoms with Gasteiger partial charge in [-0.3, -0.25) is 4.79 Å². The third-order valence-electron chi connectivity index (χ3n) is 3.19. The molecule has 0 saturated carbocycles. The van der Waals surface area contributed by atoms with E-state index in [1.807, 2.05) is 6.92 Å². The minimum Gasteiger partial charge on any atom is -0.389 e. The molecule has 1 aliphatic heterocycles. The largest absolute Gasteiger partial charge is 0.389 e. The van der Waals surface area contributed by atoms with Crippen molar-refractivity contribution in [1.29, 1.82) is 0 Å². The van der Waals surface area contributed by atoms with Crippen molar-refractivity contribution in [3.63, 3.8) is 0 Å². The Balaban J connectivity index is 2.04. The van der Waals surface area contributed by atoms with Crippen LogP contribution in [0.1, 0.15) is 24.6 Å². The van der Waals surface area contributed by atoms with Gasteiger partial charge in [0.25, 0.3) is 0 Å². The number of rotatable bonds is 3. The maximum Gasteiger partial charge on any atom is 0.244 e. The predicted molar refractivity (Wildman–Crippen MR) is 78.4 cm³/mol. The zero-order chi connectivity index (χ0) is 14.9. The fourth-order valence-electron chi connectivity index (χ4n) is 2.12. The van der Waals surface area contributed by atoms with Gasteiger partial charge in [-0.25, -0.2) is 13.8 Å². The van der Waals surface area contributed by atoms with E-state index in [-0.39, 0.29) is 17.4 Å². The van der Waals surface area contributed by atoms with Gasteiger partial charge < -0.3 is 5.73 Å². The normalized spacial score (nSPS) is 21.9. The van der Waals surface area contributed by atoms with Crippen LogP contribution in [0.3, 0.4) is 0 Å². The molecule has 1 amide bonds. The lowest BCUT2D eigenvalue weighted by molar-refractivity contribution is -0.124. The summed E-state index contributed by atoms with van der Waals surface area (Å²) >= 11 is 1.17. The highest BCUT2D eigenvalue weighted by molar-refractivity contribution is 7.91. The summed E-state index contributed by atoms with van der Waals surface area (Å²) in [5.74, 6) is -0.927. The summed E-state index contributed by atoms with van der Waals surface area (Å²) in [5.41, 5.74) is 10.2. The Hall–Kier alpha value is -1.48. The Morgan fingerprint density at radius 1 is 1.55 bits per heavy atom. The van der Waals surface area contributed by atoms with Gasteiger partial charge in [0.2, 0.25) is 5.91 Å². The fraction of sp³-hybridized carbons (Fsp3) is 0.545. The highest BCUT2D eigenvalue weighted by atomic mass is 32.2. The summed E-state index contributed by atoms with van der Waals surface area (Å²) in [5, 5.41) is 4.53. The number of nitrogen functional groups attached to an aromatic ring is 1. The summed E-state index contributed by atoms with van der Waals surface area (Å²) < 4.78 is 26.7. The van der Waals surface area contributed by atoms with E-state index < -0.39 is 15.8 Å². The highest BCUT2D eigenvalue weighted by Gasteiger charge is 2.32. The van der Waals surface area contributed by atoms with Gasteiger partial charge in [0, 0.05) is 0 Å². The second-order valence-electron chi connectivity index (χ2n) is 4.78. The molecular formula is C11H16N4O3S2. The van der Waals surface area contributed by atoms with Crippen LogP contribution in [-0.2, 0) is 14.6 Å². The highest BCUT2D eigenvalue weighted by Crippen LogP contribution is 2.21. The first-order valence-corrected chi connectivity index (χ1v) is 8.66. The summed E-state index contributed by atoms with van der Waals surface area (Å²) in [7, 11) is -3.07. The average molecular weight is 316 g/mol. The number of hydrogen-bond acceptors (Lipinski definition) is 7. The topological polar surface area (TPSA) is 115 Å². The Bertz CT molecular complexity index is 644. The lowest BCUT2D eigenvalue weighted by atomic mass is 10.1. The molecule has 1 saturated heterocycles. The Morgan fingerprint density at radius 2 is 2.25 bits per heavy atom. The smallest absolute Gasteiger partial charge is 0.244 e. The molecule has 110 valence electrons. The SMILES string of the molecule is C/C(=N/NC(=O)[C@@H]1CCS(=O)(=O)C1)c1c(C)nsc1N. The molecule has 0 unspecified atom stereocenters. The van der Waals surface area contributed by atoms with E-state index in [1.165, 1.54) is 11.5 Å². The summed E-state index contributed by atoms with van der Waals surface area (Å²) in [4.78, 5) is 11.9. The molecule has 2 rings (SSSR count). The van der Waals surface area contributed by atoms with E-state index in [4.69, 9.17) is 5.73 Å². The van der Waals surface area contributed by atoms with Crippen LogP contribution in [0.15, 0.2) is 5.10 Å². The molecule has 1 aliphatic rings. The van der Waals surface area contributed by atoms with Crippen LogP contribution >= 0.6 is 11.5 Å². The van der Waals surface area contributed by atoms with Crippen molar-refractivity contribution in [3.8, 4) is 0 Å². The Morgan fingerprint density at radius 3 is 2.75 bits per heavy atom. The van der Waals surface area contributed by atoms with E-state index in [0.717, 1.165) is 5.69 Å². The molecule has 1 aromatic rings. The predicted octanol–water partition coefficient (Wildman–Crippen LogP) is 0.309. The first kappa shape index (κ1) is 14.9. The number of amides is 1. The first-order valence-electron chi connectivity index (χ1n) is 6.07. The Kier molecular flexibility index (Phi) is 4.09. The number of hydrogen-bond donors (Lipinski definition) is 2. The third kappa shape index (κ3) is 3.15. The van der Waals surface area contributed by atoms with Crippen molar-refractivity contribution < 1.29 is 13.2 Å². The number of carbonyl (C=O) groups is 1. The second-order valence-corrected chi connectivity index (χ2v) is 7.81. The molecule has 2 heterocycles. The van der Waals surface area contributed by atoms with Gasteiger partial charge in [-0.1, -0.05) is 0 Å². The van der Waals surface area contributed by atoms with Gasteiger partial charge in [-0.15, -0.1) is 0 Å². The maximum atomic E-state index is 11.9. The molecule has 0 aromatic carbocycles. The molecule has 1 fully saturated rings. The maximum absolute atomic E-state index is 11.9. The van der Waals surface area contributed by atoms with Crippen LogP contribution in [0.5, 0.6) is 0 Å². The number of nitrogens with one attached hydrogen (secondary N) is 1. The molecule has 20 heavy (non-hydrogen) atoms. The van der Waals surface area contributed by atoms with Gasteiger partial charge in [0.1, 0.15) is 5.00 Å². The molecule has 0 aliphatic carbocycles. The summed E-state index contributed by atoms with van der Waals surface area (Å²) in [6.07, 6.45) is 0.351.